The van der Waals surface area contributed by atoms with Crippen LogP contribution in [0.5, 0.6) is 0 Å². The van der Waals surface area contributed by atoms with E-state index in [1.807, 2.05) is 0 Å². The van der Waals surface area contributed by atoms with Gasteiger partial charge in [0.1, 0.15) is 0 Å². The first-order valence-corrected chi connectivity index (χ1v) is 0. The molecule has 0 heterocycles. The molecule has 0 atom stereocenters. The van der Waals surface area contributed by atoms with Crippen molar-refractivity contribution in [2.45, 2.75) is 0 Å². The monoisotopic (exact) mass is 514 g/mol. The number of hydrogen-bond acceptors (Lipinski definition) is 11. The Balaban J connectivity index is 0. The van der Waals surface area contributed by atoms with Crippen LogP contribution in [0.2, 0.25) is 0 Å². The molecule has 11 nitrogen and oxygen atoms in total. The van der Waals surface area contributed by atoms with E-state index in [1.54, 1.807) is 0 Å². The summed E-state index contributed by atoms with van der Waals surface area (Å²) in [6.45, 7) is 0. The van der Waals surface area contributed by atoms with E-state index >= 15 is 0 Å². The molecule has 0 aromatic rings. The maximum Gasteiger partial charge on any atom is 4.00 e. The standard InChI is InChI=1S/11H2O.Sn.Tb.Ti/h11*1H2;;;/q;;;;;;;;;;;+4;+3;+4/p-11. The fourth-order valence-corrected chi connectivity index (χ4v) is 0. The summed E-state index contributed by atoms with van der Waals surface area (Å²) in [5.41, 5.74) is 0. The van der Waals surface area contributed by atoms with Crippen LogP contribution < -0.4 is 0 Å². The van der Waals surface area contributed by atoms with Crippen molar-refractivity contribution in [3.63, 3.8) is 0 Å². The zero-order valence-corrected chi connectivity index (χ0v) is 12.8. The van der Waals surface area contributed by atoms with Gasteiger partial charge in [0.15, 0.2) is 0 Å². The minimum absolute atomic E-state index is 0. The molecule has 0 rings (SSSR count). The molecule has 0 aliphatic rings. The van der Waals surface area contributed by atoms with Crippen LogP contribution in [-0.4, -0.2) is 84.1 Å². The van der Waals surface area contributed by atoms with E-state index < -0.39 is 0 Å². The Bertz CT molecular complexity index is 15.2. The van der Waals surface area contributed by atoms with Gasteiger partial charge in [-0.1, -0.05) is 0 Å². The van der Waals surface area contributed by atoms with E-state index in [4.69, 9.17) is 0 Å². The third-order valence-corrected chi connectivity index (χ3v) is 0. The Morgan fingerprint density at radius 1 is 0.286 bits per heavy atom. The molecule has 0 aromatic carbocycles. The van der Waals surface area contributed by atoms with Gasteiger partial charge in [-0.25, -0.2) is 0 Å². The van der Waals surface area contributed by atoms with E-state index in [0.717, 1.165) is 0 Å². The summed E-state index contributed by atoms with van der Waals surface area (Å²) in [6.07, 6.45) is 0. The maximum absolute atomic E-state index is 0. The Morgan fingerprint density at radius 2 is 0.286 bits per heavy atom. The minimum atomic E-state index is 0. The van der Waals surface area contributed by atoms with Crippen molar-refractivity contribution in [1.29, 1.82) is 0 Å². The van der Waals surface area contributed by atoms with Gasteiger partial charge in [0.05, 0.1) is 0 Å². The number of hydrogen-bond donors (Lipinski definition) is 0. The summed E-state index contributed by atoms with van der Waals surface area (Å²) < 4.78 is 0. The van der Waals surface area contributed by atoms with Crippen LogP contribution in [0.3, 0.4) is 0 Å². The molecule has 0 aliphatic heterocycles. The van der Waals surface area contributed by atoms with Crippen LogP contribution in [0.25, 0.3) is 0 Å². The molecule has 0 saturated heterocycles. The van der Waals surface area contributed by atoms with Crippen LogP contribution in [-0.2, 0) is 21.7 Å². The molecule has 0 spiro atoms. The van der Waals surface area contributed by atoms with E-state index in [2.05, 4.69) is 0 Å². The second-order valence-electron chi connectivity index (χ2n) is 0. The molecular formula is H11O11SnTbTi. The molecule has 0 bridgehead atoms. The second kappa shape index (κ2) is 569. The van der Waals surface area contributed by atoms with Gasteiger partial charge in [-0.3, -0.25) is 0 Å². The van der Waals surface area contributed by atoms with Crippen molar-refractivity contribution in [3.8, 4) is 0 Å². The van der Waals surface area contributed by atoms with Crippen LogP contribution in [0.1, 0.15) is 0 Å². The molecule has 0 fully saturated rings. The molecule has 0 unspecified atom stereocenters. The first-order valence-electron chi connectivity index (χ1n) is 0. The SMILES string of the molecule is [OH-].[OH-].[OH-].[OH-].[OH-].[OH-].[OH-].[OH-].[OH-].[OH-].[OH-].[Sn+4].[Tb+3].[Ti+4]. The first-order chi connectivity index (χ1) is 0. The predicted octanol–water partition coefficient (Wildman–Crippen LogP) is -2.33. The fraction of sp³-hybridized carbons (Fsp3) is 0. The Morgan fingerprint density at radius 3 is 0.286 bits per heavy atom. The van der Waals surface area contributed by atoms with Crippen LogP contribution in [0.15, 0.2) is 0 Å². The average molecular weight is 513 g/mol. The molecule has 11 N–H and O–H groups in total. The van der Waals surface area contributed by atoms with Gasteiger partial charge < -0.3 is 60.2 Å². The molecule has 0 aromatic heterocycles. The quantitative estimate of drug-likeness (QED) is 0.309. The molecule has 0 aliphatic carbocycles. The summed E-state index contributed by atoms with van der Waals surface area (Å²) in [7, 11) is 0. The third-order valence-electron chi connectivity index (χ3n) is 0. The smallest absolute Gasteiger partial charge is 0.870 e. The first kappa shape index (κ1) is 694. The zero-order valence-electron chi connectivity index (χ0n) is 6.25. The van der Waals surface area contributed by atoms with Gasteiger partial charge in [-0.2, -0.15) is 0 Å². The maximum atomic E-state index is 0. The van der Waals surface area contributed by atoms with Gasteiger partial charge in [0.25, 0.3) is 0 Å². The second-order valence-corrected chi connectivity index (χ2v) is 0. The van der Waals surface area contributed by atoms with Crippen LogP contribution in [0.4, 0.5) is 0 Å². The average Bonchev–Trinajstić information content (AvgIpc) is 0. The normalized spacial score (nSPS) is 0. The summed E-state index contributed by atoms with van der Waals surface area (Å²) in [6, 6.07) is 0. The van der Waals surface area contributed by atoms with E-state index in [-0.39, 0.29) is 144 Å². The van der Waals surface area contributed by atoms with E-state index in [0.29, 0.717) is 0 Å². The zero-order chi connectivity index (χ0) is 0. The third kappa shape index (κ3) is 461. The molecule has 94 valence electrons. The van der Waals surface area contributed by atoms with Crippen molar-refractivity contribution in [2.75, 3.05) is 0 Å². The molecule has 0 radical (unpaired) electrons. The van der Waals surface area contributed by atoms with Crippen molar-refractivity contribution in [3.05, 3.63) is 0 Å². The van der Waals surface area contributed by atoms with Gasteiger partial charge in [0.2, 0.25) is 0 Å². The molecule has 14 heteroatoms. The molecule has 14 heavy (non-hydrogen) atoms. The Kier molecular flexibility index (Phi) is 28200. The Labute approximate surface area is 143 Å². The summed E-state index contributed by atoms with van der Waals surface area (Å²) in [5.74, 6) is 0. The largest absolute Gasteiger partial charge is 4.00 e. The summed E-state index contributed by atoms with van der Waals surface area (Å²) in [5, 5.41) is 0. The van der Waals surface area contributed by atoms with E-state index in [1.165, 1.54) is 0 Å². The summed E-state index contributed by atoms with van der Waals surface area (Å²) >= 11 is 0. The van der Waals surface area contributed by atoms with Crippen molar-refractivity contribution in [2.24, 2.45) is 0 Å². The van der Waals surface area contributed by atoms with Crippen LogP contribution >= 0.6 is 0 Å². The molecule has 0 amide bonds. The van der Waals surface area contributed by atoms with Gasteiger partial charge in [-0.05, 0) is 0 Å². The minimum Gasteiger partial charge on any atom is -0.870 e. The van der Waals surface area contributed by atoms with Gasteiger partial charge in [0, 0.05) is 0 Å². The van der Waals surface area contributed by atoms with E-state index in [9.17, 15) is 0 Å². The fourth-order valence-electron chi connectivity index (χ4n) is 0. The predicted molar refractivity (Wildman–Crippen MR) is 27.0 cm³/mol. The molecular weight excluding hydrogens is 501 g/mol. The van der Waals surface area contributed by atoms with Crippen molar-refractivity contribution < 1.29 is 121 Å². The van der Waals surface area contributed by atoms with Crippen LogP contribution in [0, 0.1) is 38.6 Å². The van der Waals surface area contributed by atoms with Gasteiger partial charge in [-0.15, -0.1) is 0 Å². The molecule has 0 saturated carbocycles. The topological polar surface area (TPSA) is 330 Å². The Hall–Kier alpha value is 2.36. The number of rotatable bonds is 0. The van der Waals surface area contributed by atoms with Gasteiger partial charge >= 0.3 is 84.2 Å². The van der Waals surface area contributed by atoms with Crippen molar-refractivity contribution >= 4 is 23.9 Å². The van der Waals surface area contributed by atoms with Crippen molar-refractivity contribution in [1.82, 2.24) is 0 Å². The summed E-state index contributed by atoms with van der Waals surface area (Å²) in [4.78, 5) is 0.